The molecule has 0 saturated carbocycles. The highest BCUT2D eigenvalue weighted by atomic mass is 16.5. The third kappa shape index (κ3) is 17.2. The summed E-state index contributed by atoms with van der Waals surface area (Å²) in [6.45, 7) is 5.82. The van der Waals surface area contributed by atoms with Crippen molar-refractivity contribution in [2.45, 2.75) is 123 Å². The minimum absolute atomic E-state index is 0.227. The Kier molecular flexibility index (Phi) is 17.5. The molecule has 0 amide bonds. The first-order valence-electron chi connectivity index (χ1n) is 11.4. The van der Waals surface area contributed by atoms with E-state index in [9.17, 15) is 14.7 Å². The number of carbonyl (C=O) groups is 2. The van der Waals surface area contributed by atoms with E-state index in [4.69, 9.17) is 5.11 Å². The molecular formula is C23H44O5. The predicted molar refractivity (Wildman–Crippen MR) is 113 cm³/mol. The van der Waals surface area contributed by atoms with Gasteiger partial charge in [0, 0.05) is 0 Å². The predicted octanol–water partition coefficient (Wildman–Crippen LogP) is 4.96. The summed E-state index contributed by atoms with van der Waals surface area (Å²) >= 11 is 0. The number of unbranched alkanes of at least 4 members (excludes halogenated alkanes) is 11. The van der Waals surface area contributed by atoms with E-state index in [1.807, 2.05) is 0 Å². The molecule has 2 unspecified atom stereocenters. The largest absolute Gasteiger partial charge is 0.457 e. The number of aliphatic hydroxyl groups is 2. The average molecular weight is 401 g/mol. The number of ether oxygens (including phenoxy) is 1. The Morgan fingerprint density at radius 2 is 1.07 bits per heavy atom. The molecule has 0 aliphatic rings. The van der Waals surface area contributed by atoms with Crippen molar-refractivity contribution in [1.82, 2.24) is 0 Å². The molecule has 0 radical (unpaired) electrons. The molecule has 0 aromatic rings. The van der Waals surface area contributed by atoms with Gasteiger partial charge in [-0.2, -0.15) is 0 Å². The van der Waals surface area contributed by atoms with Crippen LogP contribution in [-0.4, -0.2) is 40.8 Å². The maximum atomic E-state index is 11.6. The summed E-state index contributed by atoms with van der Waals surface area (Å²) in [5.74, 6) is -1.14. The smallest absolute Gasteiger partial charge is 0.377 e. The van der Waals surface area contributed by atoms with Crippen LogP contribution in [0, 0.1) is 5.92 Å². The van der Waals surface area contributed by atoms with Crippen LogP contribution in [0.1, 0.15) is 111 Å². The molecule has 0 fully saturated rings. The number of Topliss-reactive ketones (excluding diaryl/α,β-unsaturated/α-hetero) is 1. The molecule has 0 rings (SSSR count). The van der Waals surface area contributed by atoms with Gasteiger partial charge < -0.3 is 14.9 Å². The SMILES string of the molecule is CC(C)CCCCCCCCCCCCCCC(O)C(=O)C(=O)OCC(C)O. The van der Waals surface area contributed by atoms with Crippen LogP contribution in [0.3, 0.4) is 0 Å². The number of ketones is 1. The molecule has 0 aromatic carbocycles. The number of hydrogen-bond donors (Lipinski definition) is 2. The van der Waals surface area contributed by atoms with Crippen molar-refractivity contribution < 1.29 is 24.5 Å². The Morgan fingerprint density at radius 1 is 0.679 bits per heavy atom. The lowest BCUT2D eigenvalue weighted by Crippen LogP contribution is -2.31. The normalized spacial score (nSPS) is 13.5. The fraction of sp³-hybridized carbons (Fsp3) is 0.913. The Labute approximate surface area is 172 Å². The third-order valence-electron chi connectivity index (χ3n) is 4.97. The summed E-state index contributed by atoms with van der Waals surface area (Å²) in [5.41, 5.74) is 0. The maximum Gasteiger partial charge on any atom is 0.377 e. The Morgan fingerprint density at radius 3 is 1.46 bits per heavy atom. The van der Waals surface area contributed by atoms with Gasteiger partial charge in [-0.1, -0.05) is 97.3 Å². The first-order valence-corrected chi connectivity index (χ1v) is 11.4. The van der Waals surface area contributed by atoms with E-state index in [1.54, 1.807) is 0 Å². The molecule has 0 aliphatic heterocycles. The van der Waals surface area contributed by atoms with Gasteiger partial charge in [0.05, 0.1) is 6.10 Å². The highest BCUT2D eigenvalue weighted by molar-refractivity contribution is 6.35. The fourth-order valence-corrected chi connectivity index (χ4v) is 3.19. The van der Waals surface area contributed by atoms with Crippen LogP contribution >= 0.6 is 0 Å². The van der Waals surface area contributed by atoms with Gasteiger partial charge in [-0.15, -0.1) is 0 Å². The molecule has 2 atom stereocenters. The van der Waals surface area contributed by atoms with E-state index in [0.29, 0.717) is 6.42 Å². The van der Waals surface area contributed by atoms with Crippen LogP contribution < -0.4 is 0 Å². The zero-order valence-corrected chi connectivity index (χ0v) is 18.5. The topological polar surface area (TPSA) is 83.8 Å². The Hall–Kier alpha value is -0.940. The Bertz CT molecular complexity index is 392. The van der Waals surface area contributed by atoms with Gasteiger partial charge in [0.2, 0.25) is 0 Å². The summed E-state index contributed by atoms with van der Waals surface area (Å²) in [6.07, 6.45) is 14.2. The van der Waals surface area contributed by atoms with Crippen molar-refractivity contribution in [2.24, 2.45) is 5.92 Å². The third-order valence-corrected chi connectivity index (χ3v) is 4.97. The molecule has 0 heterocycles. The van der Waals surface area contributed by atoms with Gasteiger partial charge >= 0.3 is 5.97 Å². The van der Waals surface area contributed by atoms with Crippen molar-refractivity contribution in [3.8, 4) is 0 Å². The van der Waals surface area contributed by atoms with Gasteiger partial charge in [-0.05, 0) is 19.3 Å². The van der Waals surface area contributed by atoms with Crippen LogP contribution in [0.5, 0.6) is 0 Å². The van der Waals surface area contributed by atoms with Crippen molar-refractivity contribution in [1.29, 1.82) is 0 Å². The van der Waals surface area contributed by atoms with E-state index >= 15 is 0 Å². The first kappa shape index (κ1) is 27.1. The van der Waals surface area contributed by atoms with Crippen molar-refractivity contribution in [3.05, 3.63) is 0 Å². The van der Waals surface area contributed by atoms with Crippen LogP contribution in [-0.2, 0) is 14.3 Å². The zero-order chi connectivity index (χ0) is 21.2. The second kappa shape index (κ2) is 18.1. The quantitative estimate of drug-likeness (QED) is 0.182. The number of hydrogen-bond acceptors (Lipinski definition) is 5. The first-order chi connectivity index (χ1) is 13.3. The molecule has 166 valence electrons. The molecule has 0 spiro atoms. The molecule has 28 heavy (non-hydrogen) atoms. The standard InChI is InChI=1S/C23H44O5/c1-19(2)16-14-12-10-8-6-4-5-7-9-11-13-15-17-21(25)22(26)23(27)28-18-20(3)24/h19-21,24-25H,4-18H2,1-3H3. The fourth-order valence-electron chi connectivity index (χ4n) is 3.19. The minimum atomic E-state index is -1.29. The number of aliphatic hydroxyl groups excluding tert-OH is 2. The molecule has 0 bridgehead atoms. The molecule has 5 heteroatoms. The number of carbonyl (C=O) groups excluding carboxylic acids is 2. The van der Waals surface area contributed by atoms with Crippen molar-refractivity contribution >= 4 is 11.8 Å². The second-order valence-electron chi connectivity index (χ2n) is 8.54. The van der Waals surface area contributed by atoms with Gasteiger partial charge in [0.1, 0.15) is 12.7 Å². The van der Waals surface area contributed by atoms with E-state index in [-0.39, 0.29) is 6.61 Å². The van der Waals surface area contributed by atoms with Crippen LogP contribution in [0.15, 0.2) is 0 Å². The van der Waals surface area contributed by atoms with Crippen LogP contribution in [0.4, 0.5) is 0 Å². The van der Waals surface area contributed by atoms with Gasteiger partial charge in [-0.25, -0.2) is 4.79 Å². The van der Waals surface area contributed by atoms with Gasteiger partial charge in [-0.3, -0.25) is 4.79 Å². The number of rotatable bonds is 19. The summed E-state index contributed by atoms with van der Waals surface area (Å²) in [4.78, 5) is 23.0. The lowest BCUT2D eigenvalue weighted by atomic mass is 10.0. The summed E-state index contributed by atoms with van der Waals surface area (Å²) in [5, 5.41) is 18.8. The van der Waals surface area contributed by atoms with Gasteiger partial charge in [0.15, 0.2) is 0 Å². The average Bonchev–Trinajstić information content (AvgIpc) is 2.65. The van der Waals surface area contributed by atoms with Crippen molar-refractivity contribution in [3.63, 3.8) is 0 Å². The van der Waals surface area contributed by atoms with Crippen molar-refractivity contribution in [2.75, 3.05) is 6.61 Å². The van der Waals surface area contributed by atoms with Crippen LogP contribution in [0.25, 0.3) is 0 Å². The van der Waals surface area contributed by atoms with Gasteiger partial charge in [0.25, 0.3) is 5.78 Å². The van der Waals surface area contributed by atoms with E-state index in [1.165, 1.54) is 71.1 Å². The van der Waals surface area contributed by atoms with E-state index in [2.05, 4.69) is 18.6 Å². The summed E-state index contributed by atoms with van der Waals surface area (Å²) < 4.78 is 4.62. The van der Waals surface area contributed by atoms with E-state index < -0.39 is 24.0 Å². The Balaban J connectivity index is 3.40. The molecule has 2 N–H and O–H groups in total. The highest BCUT2D eigenvalue weighted by Crippen LogP contribution is 2.14. The molecular weight excluding hydrogens is 356 g/mol. The molecule has 0 saturated heterocycles. The van der Waals surface area contributed by atoms with E-state index in [0.717, 1.165) is 25.2 Å². The lowest BCUT2D eigenvalue weighted by molar-refractivity contribution is -0.159. The zero-order valence-electron chi connectivity index (χ0n) is 18.5. The second-order valence-corrected chi connectivity index (χ2v) is 8.54. The molecule has 0 aromatic heterocycles. The summed E-state index contributed by atoms with van der Waals surface area (Å²) in [6, 6.07) is 0. The number of esters is 1. The molecule has 5 nitrogen and oxygen atoms in total. The van der Waals surface area contributed by atoms with Crippen LogP contribution in [0.2, 0.25) is 0 Å². The minimum Gasteiger partial charge on any atom is -0.457 e. The monoisotopic (exact) mass is 400 g/mol. The maximum absolute atomic E-state index is 11.6. The summed E-state index contributed by atoms with van der Waals surface area (Å²) in [7, 11) is 0. The molecule has 0 aliphatic carbocycles. The highest BCUT2D eigenvalue weighted by Gasteiger charge is 2.24. The lowest BCUT2D eigenvalue weighted by Gasteiger charge is -2.10.